The predicted molar refractivity (Wildman–Crippen MR) is 156 cm³/mol. The Morgan fingerprint density at radius 1 is 0.897 bits per heavy atom. The average molecular weight is 552 g/mol. The number of carbonyl (C=O) groups is 2. The van der Waals surface area contributed by atoms with Crippen LogP contribution in [0.2, 0.25) is 0 Å². The molecule has 0 aliphatic carbocycles. The van der Waals surface area contributed by atoms with Crippen LogP contribution in [0.1, 0.15) is 10.4 Å². The number of nitrogens with one attached hydrogen (secondary N) is 1. The lowest BCUT2D eigenvalue weighted by molar-refractivity contribution is -0.119. The number of rotatable bonds is 7. The molecule has 2 aromatic heterocycles. The molecule has 1 amide bonds. The van der Waals surface area contributed by atoms with Crippen LogP contribution in [-0.2, 0) is 9.53 Å². The molecule has 6 rings (SSSR count). The highest BCUT2D eigenvalue weighted by molar-refractivity contribution is 7.21. The number of hydrogen-bond acceptors (Lipinski definition) is 8. The molecule has 0 fully saturated rings. The van der Waals surface area contributed by atoms with Crippen LogP contribution >= 0.6 is 22.7 Å². The average Bonchev–Trinajstić information content (AvgIpc) is 3.62. The fourth-order valence-corrected chi connectivity index (χ4v) is 6.00. The number of thiazole rings is 2. The monoisotopic (exact) mass is 551 g/mol. The molecule has 0 radical (unpaired) electrons. The smallest absolute Gasteiger partial charge is 0.339 e. The van der Waals surface area contributed by atoms with Crippen molar-refractivity contribution >= 4 is 60.7 Å². The van der Waals surface area contributed by atoms with Crippen LogP contribution in [0.5, 0.6) is 5.75 Å². The number of esters is 1. The van der Waals surface area contributed by atoms with Gasteiger partial charge in [0.1, 0.15) is 10.8 Å². The molecule has 39 heavy (non-hydrogen) atoms. The Morgan fingerprint density at radius 2 is 1.69 bits per heavy atom. The Hall–Kier alpha value is -4.60. The van der Waals surface area contributed by atoms with Gasteiger partial charge in [0.05, 0.1) is 28.6 Å². The molecular formula is C30H21N3O4S2. The summed E-state index contributed by atoms with van der Waals surface area (Å²) >= 11 is 2.86. The van der Waals surface area contributed by atoms with E-state index in [1.54, 1.807) is 30.6 Å². The van der Waals surface area contributed by atoms with Gasteiger partial charge in [-0.15, -0.1) is 22.7 Å². The second kappa shape index (κ2) is 10.6. The van der Waals surface area contributed by atoms with E-state index in [1.165, 1.54) is 11.3 Å². The Morgan fingerprint density at radius 3 is 2.49 bits per heavy atom. The topological polar surface area (TPSA) is 90.4 Å². The maximum absolute atomic E-state index is 13.2. The van der Waals surface area contributed by atoms with Gasteiger partial charge >= 0.3 is 5.97 Å². The van der Waals surface area contributed by atoms with Crippen molar-refractivity contribution in [3.63, 3.8) is 0 Å². The number of ether oxygens (including phenoxy) is 2. The molecule has 1 N–H and O–H groups in total. The summed E-state index contributed by atoms with van der Waals surface area (Å²) < 4.78 is 11.7. The minimum atomic E-state index is -0.581. The molecule has 0 atom stereocenters. The number of benzene rings is 4. The summed E-state index contributed by atoms with van der Waals surface area (Å²) in [5, 5.41) is 7.43. The van der Waals surface area contributed by atoms with Gasteiger partial charge in [0.25, 0.3) is 5.91 Å². The number of methoxy groups -OCH3 is 1. The summed E-state index contributed by atoms with van der Waals surface area (Å²) in [4.78, 5) is 35.0. The van der Waals surface area contributed by atoms with Gasteiger partial charge in [-0.3, -0.25) is 10.1 Å². The van der Waals surface area contributed by atoms with Crippen molar-refractivity contribution in [3.05, 3.63) is 95.9 Å². The molecule has 6 aromatic rings. The van der Waals surface area contributed by atoms with Crippen LogP contribution in [0.3, 0.4) is 0 Å². The highest BCUT2D eigenvalue weighted by atomic mass is 32.1. The molecule has 9 heteroatoms. The SMILES string of the molecule is COc1ccc(-c2csc(NC(=O)COC(=O)c3cccc4cccc(-c5nc6ccccc6s5)c34)n2)cc1. The first kappa shape index (κ1) is 24.7. The number of carbonyl (C=O) groups excluding carboxylic acids is 2. The third-order valence-electron chi connectivity index (χ3n) is 6.12. The Labute approximate surface area is 231 Å². The van der Waals surface area contributed by atoms with E-state index >= 15 is 0 Å². The Kier molecular flexibility index (Phi) is 6.75. The third-order valence-corrected chi connectivity index (χ3v) is 7.95. The number of fused-ring (bicyclic) bond motifs is 2. The van der Waals surface area contributed by atoms with E-state index in [4.69, 9.17) is 14.5 Å². The van der Waals surface area contributed by atoms with Gasteiger partial charge in [-0.1, -0.05) is 42.5 Å². The molecule has 2 heterocycles. The van der Waals surface area contributed by atoms with Gasteiger partial charge in [-0.25, -0.2) is 14.8 Å². The van der Waals surface area contributed by atoms with Crippen LogP contribution < -0.4 is 10.1 Å². The van der Waals surface area contributed by atoms with Crippen LogP contribution in [0, 0.1) is 0 Å². The molecule has 0 saturated heterocycles. The van der Waals surface area contributed by atoms with Crippen molar-refractivity contribution in [2.45, 2.75) is 0 Å². The fraction of sp³-hybridized carbons (Fsp3) is 0.0667. The summed E-state index contributed by atoms with van der Waals surface area (Å²) in [6.07, 6.45) is 0. The number of amides is 1. The van der Waals surface area contributed by atoms with Gasteiger partial charge in [-0.05, 0) is 47.9 Å². The molecular weight excluding hydrogens is 530 g/mol. The van der Waals surface area contributed by atoms with E-state index in [-0.39, 0.29) is 0 Å². The summed E-state index contributed by atoms with van der Waals surface area (Å²) in [6, 6.07) is 26.7. The van der Waals surface area contributed by atoms with E-state index < -0.39 is 18.5 Å². The molecule has 192 valence electrons. The number of para-hydroxylation sites is 1. The number of hydrogen-bond donors (Lipinski definition) is 1. The van der Waals surface area contributed by atoms with Gasteiger partial charge in [0.15, 0.2) is 11.7 Å². The van der Waals surface area contributed by atoms with Gasteiger partial charge in [0, 0.05) is 21.9 Å². The van der Waals surface area contributed by atoms with Crippen LogP contribution in [0.15, 0.2) is 90.3 Å². The molecule has 0 spiro atoms. The largest absolute Gasteiger partial charge is 0.497 e. The lowest BCUT2D eigenvalue weighted by Gasteiger charge is -2.10. The minimum absolute atomic E-state index is 0.381. The lowest BCUT2D eigenvalue weighted by atomic mass is 9.99. The van der Waals surface area contributed by atoms with Crippen molar-refractivity contribution in [2.24, 2.45) is 0 Å². The molecule has 0 saturated carbocycles. The number of aromatic nitrogens is 2. The van der Waals surface area contributed by atoms with Gasteiger partial charge < -0.3 is 9.47 Å². The van der Waals surface area contributed by atoms with E-state index in [0.717, 1.165) is 48.6 Å². The third kappa shape index (κ3) is 5.09. The molecule has 7 nitrogen and oxygen atoms in total. The maximum atomic E-state index is 13.2. The summed E-state index contributed by atoms with van der Waals surface area (Å²) in [6.45, 7) is -0.435. The molecule has 0 aliphatic rings. The van der Waals surface area contributed by atoms with E-state index in [2.05, 4.69) is 10.3 Å². The highest BCUT2D eigenvalue weighted by Crippen LogP contribution is 2.36. The quantitative estimate of drug-likeness (QED) is 0.214. The van der Waals surface area contributed by atoms with Crippen LogP contribution in [-0.4, -0.2) is 35.6 Å². The zero-order chi connectivity index (χ0) is 26.8. The van der Waals surface area contributed by atoms with E-state index in [1.807, 2.05) is 78.2 Å². The summed E-state index contributed by atoms with van der Waals surface area (Å²) in [7, 11) is 1.61. The predicted octanol–water partition coefficient (Wildman–Crippen LogP) is 7.04. The highest BCUT2D eigenvalue weighted by Gasteiger charge is 2.19. The Bertz CT molecular complexity index is 1790. The molecule has 0 unspecified atom stereocenters. The standard InChI is InChI=1S/C30H21N3O4S2/c1-36-20-14-12-18(13-15-20)24-17-38-30(32-24)33-26(34)16-37-29(35)22-9-5-7-19-6-4-8-21(27(19)22)28-31-23-10-2-3-11-25(23)39-28/h2-15,17H,16H2,1H3,(H,32,33,34). The molecule has 0 bridgehead atoms. The summed E-state index contributed by atoms with van der Waals surface area (Å²) in [5.74, 6) is -0.296. The second-order valence-electron chi connectivity index (χ2n) is 8.59. The van der Waals surface area contributed by atoms with Crippen molar-refractivity contribution < 1.29 is 19.1 Å². The van der Waals surface area contributed by atoms with Crippen molar-refractivity contribution in [2.75, 3.05) is 19.0 Å². The zero-order valence-electron chi connectivity index (χ0n) is 20.7. The van der Waals surface area contributed by atoms with Crippen molar-refractivity contribution in [1.29, 1.82) is 0 Å². The first-order chi connectivity index (χ1) is 19.1. The molecule has 0 aliphatic heterocycles. The first-order valence-electron chi connectivity index (χ1n) is 12.0. The Balaban J connectivity index is 1.18. The fourth-order valence-electron chi connectivity index (χ4n) is 4.27. The molecule has 4 aromatic carbocycles. The number of nitrogens with zero attached hydrogens (tertiary/aromatic N) is 2. The zero-order valence-corrected chi connectivity index (χ0v) is 22.3. The van der Waals surface area contributed by atoms with Crippen molar-refractivity contribution in [1.82, 2.24) is 9.97 Å². The number of anilines is 1. The van der Waals surface area contributed by atoms with Crippen LogP contribution in [0.4, 0.5) is 5.13 Å². The van der Waals surface area contributed by atoms with E-state index in [9.17, 15) is 9.59 Å². The van der Waals surface area contributed by atoms with Crippen LogP contribution in [0.25, 0.3) is 42.8 Å². The lowest BCUT2D eigenvalue weighted by Crippen LogP contribution is -2.21. The van der Waals surface area contributed by atoms with E-state index in [0.29, 0.717) is 10.7 Å². The normalized spacial score (nSPS) is 11.0. The maximum Gasteiger partial charge on any atom is 0.339 e. The summed E-state index contributed by atoms with van der Waals surface area (Å²) in [5.41, 5.74) is 3.77. The first-order valence-corrected chi connectivity index (χ1v) is 13.7. The second-order valence-corrected chi connectivity index (χ2v) is 10.5. The minimum Gasteiger partial charge on any atom is -0.497 e. The van der Waals surface area contributed by atoms with Gasteiger partial charge in [0.2, 0.25) is 0 Å². The van der Waals surface area contributed by atoms with Crippen molar-refractivity contribution in [3.8, 4) is 27.6 Å². The van der Waals surface area contributed by atoms with Gasteiger partial charge in [-0.2, -0.15) is 0 Å².